The molecule has 1 fully saturated rings. The summed E-state index contributed by atoms with van der Waals surface area (Å²) in [6, 6.07) is 0. The van der Waals surface area contributed by atoms with Crippen LogP contribution in [0.2, 0.25) is 0 Å². The second-order valence-corrected chi connectivity index (χ2v) is 5.70. The molecule has 0 spiro atoms. The molecule has 2 heterocycles. The first-order chi connectivity index (χ1) is 7.68. The zero-order valence-corrected chi connectivity index (χ0v) is 9.57. The summed E-state index contributed by atoms with van der Waals surface area (Å²) in [4.78, 5) is 7.52. The lowest BCUT2D eigenvalue weighted by Crippen LogP contribution is -2.41. The van der Waals surface area contributed by atoms with E-state index in [4.69, 9.17) is 0 Å². The van der Waals surface area contributed by atoms with Crippen molar-refractivity contribution in [3.8, 4) is 0 Å². The molecule has 2 rings (SSSR count). The number of nitrogens with one attached hydrogen (secondary N) is 2. The van der Waals surface area contributed by atoms with Crippen LogP contribution >= 0.6 is 0 Å². The second-order valence-electron chi connectivity index (χ2n) is 3.74. The Morgan fingerprint density at radius 3 is 2.75 bits per heavy atom. The van der Waals surface area contributed by atoms with Crippen LogP contribution in [0.1, 0.15) is 12.8 Å². The fraction of sp³-hybridized carbons (Fsp3) is 0.556. The van der Waals surface area contributed by atoms with Crippen molar-refractivity contribution in [1.82, 2.24) is 15.3 Å². The highest BCUT2D eigenvalue weighted by atomic mass is 32.2. The SMILES string of the molecule is O=S(=O)(Nc1cncnc1)C1CCCNC1. The van der Waals surface area contributed by atoms with Crippen LogP contribution in [0, 0.1) is 0 Å². The molecule has 2 N–H and O–H groups in total. The molecule has 0 saturated carbocycles. The smallest absolute Gasteiger partial charge is 0.236 e. The van der Waals surface area contributed by atoms with E-state index in [1.807, 2.05) is 0 Å². The van der Waals surface area contributed by atoms with Crippen LogP contribution in [0.25, 0.3) is 0 Å². The third-order valence-electron chi connectivity index (χ3n) is 2.51. The van der Waals surface area contributed by atoms with Gasteiger partial charge in [-0.05, 0) is 19.4 Å². The molecule has 0 aromatic carbocycles. The first kappa shape index (κ1) is 11.3. The molecule has 88 valence electrons. The third-order valence-corrected chi connectivity index (χ3v) is 4.31. The van der Waals surface area contributed by atoms with E-state index < -0.39 is 10.0 Å². The zero-order valence-electron chi connectivity index (χ0n) is 8.76. The van der Waals surface area contributed by atoms with E-state index in [0.29, 0.717) is 18.7 Å². The van der Waals surface area contributed by atoms with Crippen molar-refractivity contribution in [3.63, 3.8) is 0 Å². The summed E-state index contributed by atoms with van der Waals surface area (Å²) in [5.74, 6) is 0. The zero-order chi connectivity index (χ0) is 11.4. The molecule has 1 aromatic heterocycles. The van der Waals surface area contributed by atoms with Gasteiger partial charge >= 0.3 is 0 Å². The Balaban J connectivity index is 2.08. The lowest BCUT2D eigenvalue weighted by Gasteiger charge is -2.23. The van der Waals surface area contributed by atoms with Crippen LogP contribution in [0.4, 0.5) is 5.69 Å². The summed E-state index contributed by atoms with van der Waals surface area (Å²) in [5.41, 5.74) is 0.410. The van der Waals surface area contributed by atoms with Gasteiger partial charge in [0.1, 0.15) is 6.33 Å². The van der Waals surface area contributed by atoms with Crippen molar-refractivity contribution in [3.05, 3.63) is 18.7 Å². The fourth-order valence-electron chi connectivity index (χ4n) is 1.68. The number of sulfonamides is 1. The summed E-state index contributed by atoms with van der Waals surface area (Å²) in [7, 11) is -3.33. The van der Waals surface area contributed by atoms with Crippen molar-refractivity contribution >= 4 is 15.7 Å². The van der Waals surface area contributed by atoms with Crippen molar-refractivity contribution in [2.45, 2.75) is 18.1 Å². The standard InChI is InChI=1S/C9H14N4O2S/c14-16(15,9-2-1-3-10-6-9)13-8-4-11-7-12-5-8/h4-5,7,9-10,13H,1-3,6H2. The number of anilines is 1. The van der Waals surface area contributed by atoms with Gasteiger partial charge in [-0.3, -0.25) is 4.72 Å². The van der Waals surface area contributed by atoms with Crippen molar-refractivity contribution in [2.75, 3.05) is 17.8 Å². The van der Waals surface area contributed by atoms with E-state index in [0.717, 1.165) is 13.0 Å². The van der Waals surface area contributed by atoms with Gasteiger partial charge in [0.25, 0.3) is 0 Å². The van der Waals surface area contributed by atoms with Gasteiger partial charge in [-0.15, -0.1) is 0 Å². The third kappa shape index (κ3) is 2.67. The first-order valence-corrected chi connectivity index (χ1v) is 6.70. The number of hydrogen-bond donors (Lipinski definition) is 2. The molecule has 0 bridgehead atoms. The summed E-state index contributed by atoms with van der Waals surface area (Å²) in [6.07, 6.45) is 5.83. The fourth-order valence-corrected chi connectivity index (χ4v) is 3.10. The minimum Gasteiger partial charge on any atom is -0.315 e. The molecular formula is C9H14N4O2S. The van der Waals surface area contributed by atoms with Crippen LogP contribution in [0.15, 0.2) is 18.7 Å². The number of rotatable bonds is 3. The summed E-state index contributed by atoms with van der Waals surface area (Å²) in [6.45, 7) is 1.39. The highest BCUT2D eigenvalue weighted by Crippen LogP contribution is 2.14. The summed E-state index contributed by atoms with van der Waals surface area (Å²) < 4.78 is 26.4. The van der Waals surface area contributed by atoms with E-state index in [1.54, 1.807) is 0 Å². The molecule has 1 aromatic rings. The van der Waals surface area contributed by atoms with Crippen LogP contribution in [0.3, 0.4) is 0 Å². The van der Waals surface area contributed by atoms with Crippen molar-refractivity contribution < 1.29 is 8.42 Å². The molecule has 1 aliphatic heterocycles. The minimum atomic E-state index is -3.33. The van der Waals surface area contributed by atoms with Crippen molar-refractivity contribution in [2.24, 2.45) is 0 Å². The minimum absolute atomic E-state index is 0.374. The quantitative estimate of drug-likeness (QED) is 0.777. The van der Waals surface area contributed by atoms with Gasteiger partial charge in [0.15, 0.2) is 0 Å². The predicted molar refractivity (Wildman–Crippen MR) is 60.5 cm³/mol. The van der Waals surface area contributed by atoms with E-state index >= 15 is 0 Å². The molecule has 1 aliphatic rings. The molecule has 7 heteroatoms. The molecule has 6 nitrogen and oxygen atoms in total. The number of piperidine rings is 1. The molecule has 1 atom stereocenters. The van der Waals surface area contributed by atoms with E-state index in [1.165, 1.54) is 18.7 Å². The number of nitrogens with zero attached hydrogens (tertiary/aromatic N) is 2. The maximum absolute atomic E-state index is 11.9. The van der Waals surface area contributed by atoms with E-state index in [9.17, 15) is 8.42 Å². The van der Waals surface area contributed by atoms with Gasteiger partial charge in [-0.25, -0.2) is 18.4 Å². The van der Waals surface area contributed by atoms with Gasteiger partial charge < -0.3 is 5.32 Å². The average Bonchev–Trinajstić information content (AvgIpc) is 2.31. The average molecular weight is 242 g/mol. The maximum atomic E-state index is 11.9. The topological polar surface area (TPSA) is 84.0 Å². The van der Waals surface area contributed by atoms with Gasteiger partial charge in [0, 0.05) is 6.54 Å². The molecule has 0 amide bonds. The molecule has 1 unspecified atom stereocenters. The lowest BCUT2D eigenvalue weighted by molar-refractivity contribution is 0.499. The van der Waals surface area contributed by atoms with Gasteiger partial charge in [-0.2, -0.15) is 0 Å². The Morgan fingerprint density at radius 2 is 2.12 bits per heavy atom. The monoisotopic (exact) mass is 242 g/mol. The summed E-state index contributed by atoms with van der Waals surface area (Å²) >= 11 is 0. The normalized spacial score (nSPS) is 21.6. The highest BCUT2D eigenvalue weighted by molar-refractivity contribution is 7.93. The molecular weight excluding hydrogens is 228 g/mol. The highest BCUT2D eigenvalue weighted by Gasteiger charge is 2.27. The van der Waals surface area contributed by atoms with Gasteiger partial charge in [0.2, 0.25) is 10.0 Å². The Labute approximate surface area is 94.6 Å². The van der Waals surface area contributed by atoms with Crippen LogP contribution in [0.5, 0.6) is 0 Å². The molecule has 0 radical (unpaired) electrons. The lowest BCUT2D eigenvalue weighted by atomic mass is 10.2. The Morgan fingerprint density at radius 1 is 1.38 bits per heavy atom. The van der Waals surface area contributed by atoms with Crippen molar-refractivity contribution in [1.29, 1.82) is 0 Å². The largest absolute Gasteiger partial charge is 0.315 e. The van der Waals surface area contributed by atoms with E-state index in [2.05, 4.69) is 20.0 Å². The van der Waals surface area contributed by atoms with Crippen LogP contribution in [-0.2, 0) is 10.0 Å². The maximum Gasteiger partial charge on any atom is 0.236 e. The number of aromatic nitrogens is 2. The Bertz CT molecular complexity index is 428. The summed E-state index contributed by atoms with van der Waals surface area (Å²) in [5, 5.41) is 2.70. The van der Waals surface area contributed by atoms with Gasteiger partial charge in [-0.1, -0.05) is 0 Å². The Hall–Kier alpha value is -1.21. The van der Waals surface area contributed by atoms with Crippen LogP contribution < -0.4 is 10.0 Å². The number of hydrogen-bond acceptors (Lipinski definition) is 5. The van der Waals surface area contributed by atoms with Gasteiger partial charge in [0.05, 0.1) is 23.3 Å². The molecule has 0 aliphatic carbocycles. The second kappa shape index (κ2) is 4.75. The predicted octanol–water partition coefficient (Wildman–Crippen LogP) is -0.0297. The Kier molecular flexibility index (Phi) is 3.35. The molecule has 16 heavy (non-hydrogen) atoms. The van der Waals surface area contributed by atoms with E-state index in [-0.39, 0.29) is 5.25 Å². The van der Waals surface area contributed by atoms with Crippen LogP contribution in [-0.4, -0.2) is 36.7 Å². The first-order valence-electron chi connectivity index (χ1n) is 5.16. The molecule has 1 saturated heterocycles.